The summed E-state index contributed by atoms with van der Waals surface area (Å²) in [5, 5.41) is 2.96. The Kier molecular flexibility index (Phi) is 6.69. The Bertz CT molecular complexity index is 1240. The van der Waals surface area contributed by atoms with Crippen LogP contribution in [-0.4, -0.2) is 31.7 Å². The first-order valence-electron chi connectivity index (χ1n) is 10.6. The number of benzene rings is 3. The van der Waals surface area contributed by atoms with Gasteiger partial charge in [0.1, 0.15) is 0 Å². The van der Waals surface area contributed by atoms with Gasteiger partial charge in [0.2, 0.25) is 15.9 Å². The van der Waals surface area contributed by atoms with Crippen molar-refractivity contribution in [1.82, 2.24) is 4.31 Å². The molecule has 4 rings (SSSR count). The van der Waals surface area contributed by atoms with Gasteiger partial charge in [0.25, 0.3) is 0 Å². The zero-order chi connectivity index (χ0) is 22.4. The van der Waals surface area contributed by atoms with Gasteiger partial charge in [0.15, 0.2) is 0 Å². The number of amides is 1. The molecule has 3 aromatic rings. The Hall–Kier alpha value is -3.40. The van der Waals surface area contributed by atoms with Gasteiger partial charge in [-0.1, -0.05) is 54.3 Å². The highest BCUT2D eigenvalue weighted by Crippen LogP contribution is 2.25. The van der Waals surface area contributed by atoms with Crippen LogP contribution in [0.15, 0.2) is 89.8 Å². The van der Waals surface area contributed by atoms with Crippen LogP contribution in [0.5, 0.6) is 0 Å². The average molecular weight is 445 g/mol. The molecule has 1 N–H and O–H groups in total. The van der Waals surface area contributed by atoms with Gasteiger partial charge in [-0.15, -0.1) is 0 Å². The zero-order valence-corrected chi connectivity index (χ0v) is 18.4. The lowest BCUT2D eigenvalue weighted by atomic mass is 9.97. The number of hydrogen-bond donors (Lipinski definition) is 1. The van der Waals surface area contributed by atoms with Crippen molar-refractivity contribution >= 4 is 21.6 Å². The molecule has 1 amide bonds. The number of carbonyl (C=O) groups excluding carboxylic acids is 1. The lowest BCUT2D eigenvalue weighted by molar-refractivity contribution is -0.120. The maximum atomic E-state index is 12.8. The summed E-state index contributed by atoms with van der Waals surface area (Å²) in [4.78, 5) is 13.1. The minimum Gasteiger partial charge on any atom is -0.326 e. The third kappa shape index (κ3) is 5.25. The molecule has 6 heteroatoms. The van der Waals surface area contributed by atoms with E-state index in [9.17, 15) is 13.2 Å². The summed E-state index contributed by atoms with van der Waals surface area (Å²) in [5.41, 5.74) is 2.43. The molecule has 0 aromatic heterocycles. The number of anilines is 1. The first kappa shape index (κ1) is 21.8. The van der Waals surface area contributed by atoms with Crippen LogP contribution in [0.3, 0.4) is 0 Å². The van der Waals surface area contributed by atoms with E-state index in [2.05, 4.69) is 17.2 Å². The summed E-state index contributed by atoms with van der Waals surface area (Å²) in [6.07, 6.45) is 0.983. The van der Waals surface area contributed by atoms with Crippen LogP contribution in [0, 0.1) is 17.8 Å². The fourth-order valence-corrected chi connectivity index (χ4v) is 5.18. The molecule has 1 aliphatic rings. The van der Waals surface area contributed by atoms with Crippen molar-refractivity contribution in [3.05, 3.63) is 96.1 Å². The van der Waals surface area contributed by atoms with E-state index in [1.54, 1.807) is 30.3 Å². The Morgan fingerprint density at radius 1 is 0.812 bits per heavy atom. The van der Waals surface area contributed by atoms with E-state index in [1.165, 1.54) is 4.31 Å². The molecule has 0 unspecified atom stereocenters. The van der Waals surface area contributed by atoms with E-state index < -0.39 is 10.0 Å². The summed E-state index contributed by atoms with van der Waals surface area (Å²) < 4.78 is 27.0. The van der Waals surface area contributed by atoms with Gasteiger partial charge in [-0.05, 0) is 55.3 Å². The molecule has 0 aliphatic carbocycles. The van der Waals surface area contributed by atoms with Crippen LogP contribution in [-0.2, 0) is 14.8 Å². The second-order valence-electron chi connectivity index (χ2n) is 7.68. The largest absolute Gasteiger partial charge is 0.326 e. The number of hydrogen-bond acceptors (Lipinski definition) is 3. The van der Waals surface area contributed by atoms with Crippen molar-refractivity contribution in [1.29, 1.82) is 0 Å². The van der Waals surface area contributed by atoms with Gasteiger partial charge >= 0.3 is 0 Å². The normalized spacial score (nSPS) is 14.9. The standard InChI is InChI=1S/C26H24N2O3S/c29-26(23-16-18-28(19-17-23)32(30,31)25-12-5-2-6-13-25)27-24-11-7-10-22(20-24)15-14-21-8-3-1-4-9-21/h1-13,20,23H,16-19H2,(H,27,29). The molecule has 0 spiro atoms. The lowest BCUT2D eigenvalue weighted by Gasteiger charge is -2.30. The van der Waals surface area contributed by atoms with Gasteiger partial charge in [0.05, 0.1) is 4.90 Å². The van der Waals surface area contributed by atoms with Crippen molar-refractivity contribution < 1.29 is 13.2 Å². The number of nitrogens with one attached hydrogen (secondary N) is 1. The molecule has 1 saturated heterocycles. The summed E-state index contributed by atoms with van der Waals surface area (Å²) in [5.74, 6) is 5.92. The first-order chi connectivity index (χ1) is 15.5. The number of rotatable bonds is 4. The highest BCUT2D eigenvalue weighted by molar-refractivity contribution is 7.89. The van der Waals surface area contributed by atoms with Gasteiger partial charge in [0, 0.05) is 35.8 Å². The third-order valence-electron chi connectivity index (χ3n) is 5.46. The topological polar surface area (TPSA) is 66.5 Å². The molecule has 1 fully saturated rings. The molecular formula is C26H24N2O3S. The molecule has 162 valence electrons. The van der Waals surface area contributed by atoms with Crippen LogP contribution < -0.4 is 5.32 Å². The minimum absolute atomic E-state index is 0.0880. The molecular weight excluding hydrogens is 420 g/mol. The highest BCUT2D eigenvalue weighted by Gasteiger charge is 2.32. The predicted molar refractivity (Wildman–Crippen MR) is 125 cm³/mol. The maximum Gasteiger partial charge on any atom is 0.243 e. The van der Waals surface area contributed by atoms with E-state index in [-0.39, 0.29) is 16.7 Å². The maximum absolute atomic E-state index is 12.8. The first-order valence-corrected chi connectivity index (χ1v) is 12.0. The summed E-state index contributed by atoms with van der Waals surface area (Å²) in [6, 6.07) is 25.6. The van der Waals surface area contributed by atoms with Crippen LogP contribution in [0.2, 0.25) is 0 Å². The Labute approximate surface area is 189 Å². The third-order valence-corrected chi connectivity index (χ3v) is 7.37. The van der Waals surface area contributed by atoms with Gasteiger partial charge < -0.3 is 5.32 Å². The number of nitrogens with zero attached hydrogens (tertiary/aromatic N) is 1. The van der Waals surface area contributed by atoms with E-state index in [1.807, 2.05) is 54.6 Å². The van der Waals surface area contributed by atoms with Crippen LogP contribution in [0.25, 0.3) is 0 Å². The Morgan fingerprint density at radius 3 is 2.09 bits per heavy atom. The van der Waals surface area contributed by atoms with Crippen LogP contribution >= 0.6 is 0 Å². The highest BCUT2D eigenvalue weighted by atomic mass is 32.2. The fraction of sp³-hybridized carbons (Fsp3) is 0.192. The van der Waals surface area contributed by atoms with Crippen molar-refractivity contribution in [3.8, 4) is 11.8 Å². The molecule has 5 nitrogen and oxygen atoms in total. The zero-order valence-electron chi connectivity index (χ0n) is 17.6. The summed E-state index contributed by atoms with van der Waals surface area (Å²) in [7, 11) is -3.52. The minimum atomic E-state index is -3.52. The number of carbonyl (C=O) groups is 1. The molecule has 0 saturated carbocycles. The van der Waals surface area contributed by atoms with E-state index in [0.29, 0.717) is 31.6 Å². The molecule has 0 bridgehead atoms. The van der Waals surface area contributed by atoms with Crippen molar-refractivity contribution in [2.24, 2.45) is 5.92 Å². The number of sulfonamides is 1. The molecule has 0 radical (unpaired) electrons. The summed E-state index contributed by atoms with van der Waals surface area (Å²) >= 11 is 0. The van der Waals surface area contributed by atoms with Gasteiger partial charge in [-0.3, -0.25) is 4.79 Å². The smallest absolute Gasteiger partial charge is 0.243 e. The molecule has 3 aromatic carbocycles. The fourth-order valence-electron chi connectivity index (χ4n) is 3.68. The van der Waals surface area contributed by atoms with Gasteiger partial charge in [-0.2, -0.15) is 4.31 Å². The quantitative estimate of drug-likeness (QED) is 0.616. The van der Waals surface area contributed by atoms with Crippen LogP contribution in [0.1, 0.15) is 24.0 Å². The van der Waals surface area contributed by atoms with Crippen molar-refractivity contribution in [3.63, 3.8) is 0 Å². The Morgan fingerprint density at radius 2 is 1.41 bits per heavy atom. The lowest BCUT2D eigenvalue weighted by Crippen LogP contribution is -2.41. The van der Waals surface area contributed by atoms with E-state index in [4.69, 9.17) is 0 Å². The molecule has 1 aliphatic heterocycles. The van der Waals surface area contributed by atoms with Crippen LogP contribution in [0.4, 0.5) is 5.69 Å². The predicted octanol–water partition coefficient (Wildman–Crippen LogP) is 4.13. The molecule has 0 atom stereocenters. The Balaban J connectivity index is 1.36. The second-order valence-corrected chi connectivity index (χ2v) is 9.62. The SMILES string of the molecule is O=C(Nc1cccc(C#Cc2ccccc2)c1)C1CCN(S(=O)(=O)c2ccccc2)CC1. The monoisotopic (exact) mass is 444 g/mol. The summed E-state index contributed by atoms with van der Waals surface area (Å²) in [6.45, 7) is 0.663. The molecule has 1 heterocycles. The van der Waals surface area contributed by atoms with Gasteiger partial charge in [-0.25, -0.2) is 8.42 Å². The second kappa shape index (κ2) is 9.82. The van der Waals surface area contributed by atoms with Crippen molar-refractivity contribution in [2.45, 2.75) is 17.7 Å². The van der Waals surface area contributed by atoms with Crippen molar-refractivity contribution in [2.75, 3.05) is 18.4 Å². The number of piperidine rings is 1. The molecule has 32 heavy (non-hydrogen) atoms. The van der Waals surface area contributed by atoms with E-state index >= 15 is 0 Å². The average Bonchev–Trinajstić information content (AvgIpc) is 2.84. The van der Waals surface area contributed by atoms with E-state index in [0.717, 1.165) is 11.1 Å².